The minimum absolute atomic E-state index is 0.142. The Labute approximate surface area is 158 Å². The van der Waals surface area contributed by atoms with Crippen molar-refractivity contribution in [2.75, 3.05) is 26.3 Å². The van der Waals surface area contributed by atoms with Crippen LogP contribution in [0.2, 0.25) is 5.02 Å². The first-order valence-corrected chi connectivity index (χ1v) is 8.82. The van der Waals surface area contributed by atoms with E-state index in [1.165, 1.54) is 0 Å². The number of rotatable bonds is 3. The van der Waals surface area contributed by atoms with E-state index in [-0.39, 0.29) is 11.5 Å². The lowest BCUT2D eigenvalue weighted by molar-refractivity contribution is -0.130. The molecule has 5 nitrogen and oxygen atoms in total. The first-order chi connectivity index (χ1) is 12.5. The summed E-state index contributed by atoms with van der Waals surface area (Å²) >= 11 is 5.97. The van der Waals surface area contributed by atoms with Crippen molar-refractivity contribution in [3.05, 3.63) is 57.9 Å². The Morgan fingerprint density at radius 1 is 1.23 bits per heavy atom. The van der Waals surface area contributed by atoms with Crippen LogP contribution in [-0.2, 0) is 9.53 Å². The first-order valence-electron chi connectivity index (χ1n) is 8.45. The number of carbonyl (C=O) groups excluding carboxylic acids is 1. The van der Waals surface area contributed by atoms with E-state index in [4.69, 9.17) is 16.3 Å². The quantitative estimate of drug-likeness (QED) is 0.614. The molecule has 6 heteroatoms. The van der Waals surface area contributed by atoms with Crippen molar-refractivity contribution in [3.63, 3.8) is 0 Å². The maximum atomic E-state index is 12.6. The molecule has 2 heterocycles. The number of aromatic nitrogens is 1. The number of amides is 1. The zero-order valence-electron chi connectivity index (χ0n) is 14.8. The summed E-state index contributed by atoms with van der Waals surface area (Å²) in [4.78, 5) is 14.3. The van der Waals surface area contributed by atoms with Gasteiger partial charge in [-0.25, -0.2) is 0 Å². The van der Waals surface area contributed by atoms with Gasteiger partial charge in [0, 0.05) is 35.2 Å². The molecule has 26 heavy (non-hydrogen) atoms. The van der Waals surface area contributed by atoms with Gasteiger partial charge in [0.1, 0.15) is 11.6 Å². The van der Waals surface area contributed by atoms with E-state index in [0.29, 0.717) is 31.3 Å². The standard InChI is InChI=1S/C20H20ClN3O2/c1-14-11-16(15(2)24(14)19-5-3-18(21)4-6-19)12-17(13-22)20(25)23-7-9-26-10-8-23/h3-6,11-12H,7-10H2,1-2H3/b17-12+. The van der Waals surface area contributed by atoms with E-state index in [1.54, 1.807) is 11.0 Å². The van der Waals surface area contributed by atoms with E-state index in [9.17, 15) is 10.1 Å². The summed E-state index contributed by atoms with van der Waals surface area (Å²) in [5, 5.41) is 10.2. The molecule has 1 aromatic heterocycles. The average molecular weight is 370 g/mol. The highest BCUT2D eigenvalue weighted by atomic mass is 35.5. The summed E-state index contributed by atoms with van der Waals surface area (Å²) in [6, 6.07) is 11.6. The third-order valence-electron chi connectivity index (χ3n) is 4.50. The number of aryl methyl sites for hydroxylation is 1. The molecule has 1 aliphatic rings. The lowest BCUT2D eigenvalue weighted by Crippen LogP contribution is -2.41. The van der Waals surface area contributed by atoms with Gasteiger partial charge >= 0.3 is 0 Å². The van der Waals surface area contributed by atoms with Crippen LogP contribution in [0.5, 0.6) is 0 Å². The zero-order valence-corrected chi connectivity index (χ0v) is 15.6. The van der Waals surface area contributed by atoms with Crippen molar-refractivity contribution in [1.29, 1.82) is 5.26 Å². The van der Waals surface area contributed by atoms with E-state index in [1.807, 2.05) is 44.2 Å². The fourth-order valence-corrected chi connectivity index (χ4v) is 3.28. The predicted octanol–water partition coefficient (Wildman–Crippen LogP) is 3.51. The van der Waals surface area contributed by atoms with Gasteiger partial charge in [0.05, 0.1) is 13.2 Å². The van der Waals surface area contributed by atoms with Crippen LogP contribution in [0.1, 0.15) is 17.0 Å². The predicted molar refractivity (Wildman–Crippen MR) is 101 cm³/mol. The Hall–Kier alpha value is -2.55. The second-order valence-electron chi connectivity index (χ2n) is 6.21. The number of nitriles is 1. The molecule has 1 fully saturated rings. The zero-order chi connectivity index (χ0) is 18.7. The molecule has 1 aliphatic heterocycles. The molecule has 0 N–H and O–H groups in total. The highest BCUT2D eigenvalue weighted by Gasteiger charge is 2.21. The Balaban J connectivity index is 1.94. The molecule has 0 aliphatic carbocycles. The Kier molecular flexibility index (Phi) is 5.46. The molecular weight excluding hydrogens is 350 g/mol. The van der Waals surface area contributed by atoms with Gasteiger partial charge in [-0.2, -0.15) is 5.26 Å². The third kappa shape index (κ3) is 3.67. The lowest BCUT2D eigenvalue weighted by Gasteiger charge is -2.26. The monoisotopic (exact) mass is 369 g/mol. The van der Waals surface area contributed by atoms with Crippen LogP contribution in [-0.4, -0.2) is 41.7 Å². The van der Waals surface area contributed by atoms with E-state index in [2.05, 4.69) is 10.6 Å². The fraction of sp³-hybridized carbons (Fsp3) is 0.300. The molecule has 2 aromatic rings. The number of hydrogen-bond acceptors (Lipinski definition) is 3. The van der Waals surface area contributed by atoms with Gasteiger partial charge in [-0.05, 0) is 55.8 Å². The number of ether oxygens (including phenoxy) is 1. The number of nitrogens with zero attached hydrogens (tertiary/aromatic N) is 3. The van der Waals surface area contributed by atoms with Crippen LogP contribution < -0.4 is 0 Å². The van der Waals surface area contributed by atoms with Gasteiger partial charge < -0.3 is 14.2 Å². The van der Waals surface area contributed by atoms with Crippen LogP contribution in [0.4, 0.5) is 0 Å². The summed E-state index contributed by atoms with van der Waals surface area (Å²) in [6.07, 6.45) is 1.67. The van der Waals surface area contributed by atoms with Crippen molar-refractivity contribution in [2.24, 2.45) is 0 Å². The highest BCUT2D eigenvalue weighted by molar-refractivity contribution is 6.30. The molecule has 1 saturated heterocycles. The molecular formula is C20H20ClN3O2. The van der Waals surface area contributed by atoms with Crippen molar-refractivity contribution in [1.82, 2.24) is 9.47 Å². The second-order valence-corrected chi connectivity index (χ2v) is 6.65. The fourth-order valence-electron chi connectivity index (χ4n) is 3.16. The maximum absolute atomic E-state index is 12.6. The topological polar surface area (TPSA) is 58.3 Å². The molecule has 134 valence electrons. The summed E-state index contributed by atoms with van der Waals surface area (Å²) in [5.74, 6) is -0.243. The molecule has 0 bridgehead atoms. The lowest BCUT2D eigenvalue weighted by atomic mass is 10.1. The number of carbonyl (C=O) groups is 1. The smallest absolute Gasteiger partial charge is 0.264 e. The van der Waals surface area contributed by atoms with E-state index in [0.717, 1.165) is 22.6 Å². The third-order valence-corrected chi connectivity index (χ3v) is 4.76. The molecule has 3 rings (SSSR count). The van der Waals surface area contributed by atoms with Gasteiger partial charge in [-0.3, -0.25) is 4.79 Å². The number of morpholine rings is 1. The minimum atomic E-state index is -0.243. The van der Waals surface area contributed by atoms with Gasteiger partial charge in [0.25, 0.3) is 5.91 Å². The van der Waals surface area contributed by atoms with Crippen molar-refractivity contribution in [2.45, 2.75) is 13.8 Å². The number of hydrogen-bond donors (Lipinski definition) is 0. The Morgan fingerprint density at radius 3 is 2.50 bits per heavy atom. The van der Waals surface area contributed by atoms with Crippen LogP contribution in [0.3, 0.4) is 0 Å². The number of benzene rings is 1. The molecule has 0 atom stereocenters. The van der Waals surface area contributed by atoms with E-state index < -0.39 is 0 Å². The molecule has 0 radical (unpaired) electrons. The molecule has 0 unspecified atom stereocenters. The minimum Gasteiger partial charge on any atom is -0.378 e. The van der Waals surface area contributed by atoms with Crippen molar-refractivity contribution >= 4 is 23.6 Å². The normalized spacial score (nSPS) is 15.0. The molecule has 0 saturated carbocycles. The van der Waals surface area contributed by atoms with Gasteiger partial charge in [-0.1, -0.05) is 11.6 Å². The summed E-state index contributed by atoms with van der Waals surface area (Å²) in [6.45, 7) is 6.02. The molecule has 1 amide bonds. The Morgan fingerprint density at radius 2 is 1.88 bits per heavy atom. The average Bonchev–Trinajstić information content (AvgIpc) is 2.94. The van der Waals surface area contributed by atoms with E-state index >= 15 is 0 Å². The Bertz CT molecular complexity index is 885. The SMILES string of the molecule is Cc1cc(/C=C(\C#N)C(=O)N2CCOCC2)c(C)n1-c1ccc(Cl)cc1. The van der Waals surface area contributed by atoms with Crippen LogP contribution >= 0.6 is 11.6 Å². The van der Waals surface area contributed by atoms with Gasteiger partial charge in [-0.15, -0.1) is 0 Å². The highest BCUT2D eigenvalue weighted by Crippen LogP contribution is 2.24. The molecule has 1 aromatic carbocycles. The summed E-state index contributed by atoms with van der Waals surface area (Å²) in [7, 11) is 0. The summed E-state index contributed by atoms with van der Waals surface area (Å²) in [5.41, 5.74) is 3.97. The van der Waals surface area contributed by atoms with Gasteiger partial charge in [0.15, 0.2) is 0 Å². The van der Waals surface area contributed by atoms with Crippen LogP contribution in [0.25, 0.3) is 11.8 Å². The van der Waals surface area contributed by atoms with Crippen LogP contribution in [0.15, 0.2) is 35.9 Å². The maximum Gasteiger partial charge on any atom is 0.264 e. The molecule has 0 spiro atoms. The summed E-state index contributed by atoms with van der Waals surface area (Å²) < 4.78 is 7.35. The van der Waals surface area contributed by atoms with Crippen molar-refractivity contribution < 1.29 is 9.53 Å². The number of halogens is 1. The van der Waals surface area contributed by atoms with Crippen LogP contribution in [0, 0.1) is 25.2 Å². The first kappa shape index (κ1) is 18.2. The van der Waals surface area contributed by atoms with Crippen molar-refractivity contribution in [3.8, 4) is 11.8 Å². The largest absolute Gasteiger partial charge is 0.378 e. The second kappa shape index (κ2) is 7.77. The van der Waals surface area contributed by atoms with Gasteiger partial charge in [0.2, 0.25) is 0 Å².